The number of hydrogen-bond acceptors (Lipinski definition) is 3. The van der Waals surface area contributed by atoms with E-state index in [9.17, 15) is 0 Å². The molecule has 1 aromatic heterocycles. The van der Waals surface area contributed by atoms with Gasteiger partial charge < -0.3 is 4.74 Å². The number of thiophene rings is 1. The molecule has 0 saturated carbocycles. The summed E-state index contributed by atoms with van der Waals surface area (Å²) in [5.41, 5.74) is 1.10. The van der Waals surface area contributed by atoms with Gasteiger partial charge in [0.2, 0.25) is 0 Å². The Hall–Kier alpha value is -1.53. The van der Waals surface area contributed by atoms with Crippen LogP contribution in [0, 0.1) is 18.3 Å². The van der Waals surface area contributed by atoms with Gasteiger partial charge in [-0.1, -0.05) is 0 Å². The van der Waals surface area contributed by atoms with Crippen LogP contribution >= 0.6 is 11.3 Å². The first-order chi connectivity index (χ1) is 6.74. The van der Waals surface area contributed by atoms with Crippen molar-refractivity contribution in [3.05, 3.63) is 28.6 Å². The summed E-state index contributed by atoms with van der Waals surface area (Å²) < 4.78 is 6.32. The van der Waals surface area contributed by atoms with Crippen molar-refractivity contribution in [2.75, 3.05) is 7.11 Å². The summed E-state index contributed by atoms with van der Waals surface area (Å²) in [5.74, 6) is 0.879. The summed E-state index contributed by atoms with van der Waals surface area (Å²) in [6.45, 7) is 2.00. The zero-order valence-corrected chi connectivity index (χ0v) is 8.81. The van der Waals surface area contributed by atoms with Crippen LogP contribution in [0.5, 0.6) is 5.75 Å². The minimum Gasteiger partial charge on any atom is -0.496 e. The summed E-state index contributed by atoms with van der Waals surface area (Å²) in [6, 6.07) is 8.09. The lowest BCUT2D eigenvalue weighted by atomic mass is 10.1. The lowest BCUT2D eigenvalue weighted by Gasteiger charge is -2.03. The van der Waals surface area contributed by atoms with Gasteiger partial charge in [0.25, 0.3) is 0 Å². The lowest BCUT2D eigenvalue weighted by Crippen LogP contribution is -1.85. The molecule has 0 aliphatic carbocycles. The molecule has 0 radical (unpaired) electrons. The molecule has 0 aliphatic rings. The average molecular weight is 203 g/mol. The summed E-state index contributed by atoms with van der Waals surface area (Å²) in [7, 11) is 1.66. The number of nitriles is 1. The van der Waals surface area contributed by atoms with Crippen LogP contribution in [-0.2, 0) is 0 Å². The molecule has 0 unspecified atom stereocenters. The second-order valence-corrected chi connectivity index (χ2v) is 4.17. The Balaban J connectivity index is 2.71. The standard InChI is InChI=1S/C11H9NOS/c1-7-3-8-4-9(6-12)14-11(8)5-10(7)13-2/h3-5H,1-2H3. The van der Waals surface area contributed by atoms with Gasteiger partial charge in [0.05, 0.1) is 7.11 Å². The van der Waals surface area contributed by atoms with Crippen LogP contribution in [0.1, 0.15) is 10.4 Å². The molecule has 2 aromatic rings. The maximum absolute atomic E-state index is 8.76. The number of rotatable bonds is 1. The largest absolute Gasteiger partial charge is 0.496 e. The average Bonchev–Trinajstić information content (AvgIpc) is 2.58. The van der Waals surface area contributed by atoms with Gasteiger partial charge in [0.1, 0.15) is 16.7 Å². The summed E-state index contributed by atoms with van der Waals surface area (Å²) in [5, 5.41) is 9.88. The van der Waals surface area contributed by atoms with Crippen LogP contribution in [0.4, 0.5) is 0 Å². The van der Waals surface area contributed by atoms with Crippen molar-refractivity contribution in [3.8, 4) is 11.8 Å². The molecule has 14 heavy (non-hydrogen) atoms. The normalized spacial score (nSPS) is 10.1. The molecule has 2 nitrogen and oxygen atoms in total. The fourth-order valence-electron chi connectivity index (χ4n) is 1.46. The SMILES string of the molecule is COc1cc2sc(C#N)cc2cc1C. The van der Waals surface area contributed by atoms with Gasteiger partial charge in [-0.25, -0.2) is 0 Å². The van der Waals surface area contributed by atoms with Crippen molar-refractivity contribution in [3.63, 3.8) is 0 Å². The Bertz CT molecular complexity index is 522. The predicted molar refractivity (Wildman–Crippen MR) is 57.8 cm³/mol. The molecule has 2 rings (SSSR count). The quantitative estimate of drug-likeness (QED) is 0.713. The zero-order chi connectivity index (χ0) is 10.1. The van der Waals surface area contributed by atoms with Gasteiger partial charge in [-0.15, -0.1) is 11.3 Å². The Kier molecular flexibility index (Phi) is 2.14. The highest BCUT2D eigenvalue weighted by molar-refractivity contribution is 7.19. The first kappa shape index (κ1) is 9.04. The number of ether oxygens (including phenoxy) is 1. The second-order valence-electron chi connectivity index (χ2n) is 3.08. The first-order valence-electron chi connectivity index (χ1n) is 4.23. The minimum atomic E-state index is 0.743. The molecule has 0 N–H and O–H groups in total. The van der Waals surface area contributed by atoms with Gasteiger partial charge in [-0.2, -0.15) is 5.26 Å². The molecule has 1 aromatic carbocycles. The molecule has 0 aliphatic heterocycles. The summed E-state index contributed by atoms with van der Waals surface area (Å²) >= 11 is 1.49. The third-order valence-electron chi connectivity index (χ3n) is 2.14. The van der Waals surface area contributed by atoms with E-state index in [0.717, 1.165) is 26.3 Å². The van der Waals surface area contributed by atoms with E-state index in [1.807, 2.05) is 25.1 Å². The van der Waals surface area contributed by atoms with Crippen molar-refractivity contribution in [1.82, 2.24) is 0 Å². The van der Waals surface area contributed by atoms with Crippen LogP contribution in [0.15, 0.2) is 18.2 Å². The molecular formula is C11H9NOS. The minimum absolute atomic E-state index is 0.743. The first-order valence-corrected chi connectivity index (χ1v) is 5.04. The highest BCUT2D eigenvalue weighted by Gasteiger charge is 2.05. The third kappa shape index (κ3) is 1.34. The Morgan fingerprint density at radius 2 is 2.14 bits per heavy atom. The molecule has 0 amide bonds. The van der Waals surface area contributed by atoms with Gasteiger partial charge >= 0.3 is 0 Å². The number of benzene rings is 1. The number of aryl methyl sites for hydroxylation is 1. The van der Waals surface area contributed by atoms with Gasteiger partial charge in [-0.3, -0.25) is 0 Å². The number of methoxy groups -OCH3 is 1. The van der Waals surface area contributed by atoms with Crippen molar-refractivity contribution >= 4 is 21.4 Å². The highest BCUT2D eigenvalue weighted by Crippen LogP contribution is 2.31. The van der Waals surface area contributed by atoms with E-state index in [2.05, 4.69) is 6.07 Å². The van der Waals surface area contributed by atoms with E-state index in [4.69, 9.17) is 10.00 Å². The van der Waals surface area contributed by atoms with Crippen molar-refractivity contribution in [2.24, 2.45) is 0 Å². The van der Waals surface area contributed by atoms with Crippen LogP contribution in [-0.4, -0.2) is 7.11 Å². The molecule has 70 valence electrons. The topological polar surface area (TPSA) is 33.0 Å². The maximum Gasteiger partial charge on any atom is 0.123 e. The van der Waals surface area contributed by atoms with Gasteiger partial charge in [-0.05, 0) is 36.1 Å². The molecular weight excluding hydrogens is 194 g/mol. The highest BCUT2D eigenvalue weighted by atomic mass is 32.1. The fraction of sp³-hybridized carbons (Fsp3) is 0.182. The van der Waals surface area contributed by atoms with E-state index < -0.39 is 0 Å². The van der Waals surface area contributed by atoms with E-state index in [-0.39, 0.29) is 0 Å². The summed E-state index contributed by atoms with van der Waals surface area (Å²) in [4.78, 5) is 0.743. The number of hydrogen-bond donors (Lipinski definition) is 0. The van der Waals surface area contributed by atoms with Gasteiger partial charge in [0, 0.05) is 4.70 Å². The van der Waals surface area contributed by atoms with E-state index in [1.54, 1.807) is 7.11 Å². The van der Waals surface area contributed by atoms with E-state index in [1.165, 1.54) is 11.3 Å². The monoisotopic (exact) mass is 203 g/mol. The molecule has 1 heterocycles. The summed E-state index contributed by atoms with van der Waals surface area (Å²) in [6.07, 6.45) is 0. The van der Waals surface area contributed by atoms with E-state index >= 15 is 0 Å². The fourth-order valence-corrected chi connectivity index (χ4v) is 2.33. The second kappa shape index (κ2) is 3.32. The predicted octanol–water partition coefficient (Wildman–Crippen LogP) is 3.09. The number of fused-ring (bicyclic) bond motifs is 1. The molecule has 0 spiro atoms. The van der Waals surface area contributed by atoms with Crippen LogP contribution < -0.4 is 4.74 Å². The smallest absolute Gasteiger partial charge is 0.123 e. The van der Waals surface area contributed by atoms with Crippen molar-refractivity contribution in [2.45, 2.75) is 6.92 Å². The lowest BCUT2D eigenvalue weighted by molar-refractivity contribution is 0.412. The Morgan fingerprint density at radius 3 is 2.79 bits per heavy atom. The zero-order valence-electron chi connectivity index (χ0n) is 8.00. The van der Waals surface area contributed by atoms with Crippen LogP contribution in [0.25, 0.3) is 10.1 Å². The Morgan fingerprint density at radius 1 is 1.36 bits per heavy atom. The molecule has 0 fully saturated rings. The molecule has 3 heteroatoms. The number of nitrogens with zero attached hydrogens (tertiary/aromatic N) is 1. The Labute approximate surface area is 86.4 Å². The van der Waals surface area contributed by atoms with Crippen LogP contribution in [0.2, 0.25) is 0 Å². The molecule has 0 bridgehead atoms. The molecule has 0 atom stereocenters. The van der Waals surface area contributed by atoms with Crippen molar-refractivity contribution in [1.29, 1.82) is 5.26 Å². The van der Waals surface area contributed by atoms with Crippen molar-refractivity contribution < 1.29 is 4.74 Å². The maximum atomic E-state index is 8.76. The molecule has 0 saturated heterocycles. The van der Waals surface area contributed by atoms with Crippen LogP contribution in [0.3, 0.4) is 0 Å². The van der Waals surface area contributed by atoms with Gasteiger partial charge in [0.15, 0.2) is 0 Å². The van der Waals surface area contributed by atoms with E-state index in [0.29, 0.717) is 0 Å². The third-order valence-corrected chi connectivity index (χ3v) is 3.15.